The molecule has 0 unspecified atom stereocenters. The van der Waals surface area contributed by atoms with Crippen LogP contribution >= 0.6 is 0 Å². The summed E-state index contributed by atoms with van der Waals surface area (Å²) < 4.78 is 5.24. The predicted molar refractivity (Wildman–Crippen MR) is 121 cm³/mol. The number of ether oxygens (including phenoxy) is 1. The minimum absolute atomic E-state index is 0. The van der Waals surface area contributed by atoms with Gasteiger partial charge in [-0.05, 0) is 12.8 Å². The third-order valence-corrected chi connectivity index (χ3v) is 3.85. The van der Waals surface area contributed by atoms with E-state index in [0.29, 0.717) is 13.0 Å². The Morgan fingerprint density at radius 3 is 1.62 bits per heavy atom. The van der Waals surface area contributed by atoms with E-state index in [1.807, 2.05) is 27.7 Å². The number of unbranched alkanes of at least 4 members (excludes halogenated alkanes) is 11. The standard InChI is InChI=1S/C18H35BO2.2C2H6.CH4/c1-2-3-4-5-6-7-8-11-14-17-21-18(20)15-12-9-10-13-16-19;2*1-2;/h2-17H2,1H3;2*1-2H3;1H4. The molecule has 0 amide bonds. The number of rotatable bonds is 16. The van der Waals surface area contributed by atoms with Crippen LogP contribution in [0.4, 0.5) is 0 Å². The van der Waals surface area contributed by atoms with E-state index in [4.69, 9.17) is 12.6 Å². The Morgan fingerprint density at radius 2 is 1.12 bits per heavy atom. The van der Waals surface area contributed by atoms with Crippen LogP contribution in [0, 0.1) is 0 Å². The molecule has 2 nitrogen and oxygen atoms in total. The lowest BCUT2D eigenvalue weighted by atomic mass is 9.99. The summed E-state index contributed by atoms with van der Waals surface area (Å²) in [4.78, 5) is 11.5. The van der Waals surface area contributed by atoms with E-state index in [-0.39, 0.29) is 13.4 Å². The van der Waals surface area contributed by atoms with Gasteiger partial charge in [0.05, 0.1) is 14.5 Å². The molecule has 26 heavy (non-hydrogen) atoms. The molecule has 3 heteroatoms. The Labute approximate surface area is 168 Å². The molecular formula is C23H51BO2. The SMILES string of the molecule is C.CC.CC.[B]CCCCCCC(=O)OCCCCCCCCCCC. The zero-order valence-corrected chi connectivity index (χ0v) is 18.2. The average Bonchev–Trinajstić information content (AvgIpc) is 2.66. The Hall–Kier alpha value is -0.465. The second-order valence-corrected chi connectivity index (χ2v) is 6.00. The molecule has 0 aromatic rings. The van der Waals surface area contributed by atoms with Crippen molar-refractivity contribution >= 4 is 13.8 Å². The van der Waals surface area contributed by atoms with E-state index in [2.05, 4.69) is 6.92 Å². The maximum absolute atomic E-state index is 11.5. The second kappa shape index (κ2) is 35.6. The van der Waals surface area contributed by atoms with Crippen molar-refractivity contribution in [1.82, 2.24) is 0 Å². The van der Waals surface area contributed by atoms with Gasteiger partial charge in [0.25, 0.3) is 0 Å². The highest BCUT2D eigenvalue weighted by Gasteiger charge is 2.02. The van der Waals surface area contributed by atoms with Gasteiger partial charge in [0, 0.05) is 6.42 Å². The zero-order chi connectivity index (χ0) is 19.6. The minimum atomic E-state index is -0.0256. The topological polar surface area (TPSA) is 26.3 Å². The fourth-order valence-corrected chi connectivity index (χ4v) is 2.44. The third kappa shape index (κ3) is 34.8. The van der Waals surface area contributed by atoms with Gasteiger partial charge in [-0.2, -0.15) is 0 Å². The van der Waals surface area contributed by atoms with Gasteiger partial charge in [-0.1, -0.05) is 119 Å². The fourth-order valence-electron chi connectivity index (χ4n) is 2.44. The van der Waals surface area contributed by atoms with Crippen molar-refractivity contribution in [2.45, 2.75) is 138 Å². The molecule has 0 N–H and O–H groups in total. The molecule has 0 aliphatic carbocycles. The highest BCUT2D eigenvalue weighted by Crippen LogP contribution is 2.10. The number of hydrogen-bond donors (Lipinski definition) is 0. The van der Waals surface area contributed by atoms with Crippen molar-refractivity contribution in [3.63, 3.8) is 0 Å². The van der Waals surface area contributed by atoms with E-state index >= 15 is 0 Å². The van der Waals surface area contributed by atoms with Crippen LogP contribution in [0.3, 0.4) is 0 Å². The lowest BCUT2D eigenvalue weighted by molar-refractivity contribution is -0.143. The van der Waals surface area contributed by atoms with Crippen LogP contribution in [0.15, 0.2) is 0 Å². The molecule has 0 rings (SSSR count). The van der Waals surface area contributed by atoms with E-state index in [9.17, 15) is 4.79 Å². The molecule has 0 aliphatic heterocycles. The van der Waals surface area contributed by atoms with E-state index in [0.717, 1.165) is 38.4 Å². The van der Waals surface area contributed by atoms with Crippen LogP contribution < -0.4 is 0 Å². The summed E-state index contributed by atoms with van der Waals surface area (Å²) in [6.45, 7) is 10.9. The predicted octanol–water partition coefficient (Wildman–Crippen LogP) is 8.29. The van der Waals surface area contributed by atoms with E-state index < -0.39 is 0 Å². The Balaban J connectivity index is -0.000000449. The molecule has 0 bridgehead atoms. The molecule has 0 fully saturated rings. The van der Waals surface area contributed by atoms with Crippen LogP contribution in [0.25, 0.3) is 0 Å². The monoisotopic (exact) mass is 370 g/mol. The van der Waals surface area contributed by atoms with Crippen LogP contribution in [-0.4, -0.2) is 20.4 Å². The quantitative estimate of drug-likeness (QED) is 0.155. The first-order valence-electron chi connectivity index (χ1n) is 11.2. The first kappa shape index (κ1) is 33.1. The first-order valence-corrected chi connectivity index (χ1v) is 11.2. The Bertz CT molecular complexity index is 220. The summed E-state index contributed by atoms with van der Waals surface area (Å²) >= 11 is 0. The normalized spacial score (nSPS) is 9.12. The average molecular weight is 370 g/mol. The molecule has 0 heterocycles. The maximum atomic E-state index is 11.5. The lowest BCUT2D eigenvalue weighted by Gasteiger charge is -2.05. The number of carbonyl (C=O) groups is 1. The molecule has 0 spiro atoms. The summed E-state index contributed by atoms with van der Waals surface area (Å²) in [5.41, 5.74) is 0. The third-order valence-electron chi connectivity index (χ3n) is 3.85. The largest absolute Gasteiger partial charge is 0.466 e. The van der Waals surface area contributed by atoms with Gasteiger partial charge >= 0.3 is 5.97 Å². The molecule has 158 valence electrons. The smallest absolute Gasteiger partial charge is 0.305 e. The molecule has 2 radical (unpaired) electrons. The van der Waals surface area contributed by atoms with Crippen molar-refractivity contribution in [3.05, 3.63) is 0 Å². The summed E-state index contributed by atoms with van der Waals surface area (Å²) in [6, 6.07) is 0. The summed E-state index contributed by atoms with van der Waals surface area (Å²) in [7, 11) is 5.42. The lowest BCUT2D eigenvalue weighted by Crippen LogP contribution is -2.05. The molecule has 0 aromatic heterocycles. The molecule has 0 aliphatic rings. The van der Waals surface area contributed by atoms with Crippen LogP contribution in [0.2, 0.25) is 6.32 Å². The number of hydrogen-bond acceptors (Lipinski definition) is 2. The Kier molecular flexibility index (Phi) is 45.4. The summed E-state index contributed by atoms with van der Waals surface area (Å²) in [5.74, 6) is -0.0256. The van der Waals surface area contributed by atoms with Crippen molar-refractivity contribution in [3.8, 4) is 0 Å². The highest BCUT2D eigenvalue weighted by molar-refractivity contribution is 6.08. The number of esters is 1. The number of carbonyl (C=O) groups excluding carboxylic acids is 1. The highest BCUT2D eigenvalue weighted by atomic mass is 16.5. The maximum Gasteiger partial charge on any atom is 0.305 e. The minimum Gasteiger partial charge on any atom is -0.466 e. The second-order valence-electron chi connectivity index (χ2n) is 6.00. The fraction of sp³-hybridized carbons (Fsp3) is 0.957. The Morgan fingerprint density at radius 1 is 0.692 bits per heavy atom. The molecule has 0 aromatic carbocycles. The van der Waals surface area contributed by atoms with E-state index in [1.54, 1.807) is 0 Å². The van der Waals surface area contributed by atoms with Gasteiger partial charge in [0.1, 0.15) is 0 Å². The van der Waals surface area contributed by atoms with Crippen molar-refractivity contribution < 1.29 is 9.53 Å². The van der Waals surface area contributed by atoms with Gasteiger partial charge < -0.3 is 4.74 Å². The van der Waals surface area contributed by atoms with Crippen LogP contribution in [-0.2, 0) is 9.53 Å². The van der Waals surface area contributed by atoms with Gasteiger partial charge in [-0.25, -0.2) is 0 Å². The molecule has 0 saturated heterocycles. The molecule has 0 saturated carbocycles. The molecular weight excluding hydrogens is 319 g/mol. The van der Waals surface area contributed by atoms with Crippen molar-refractivity contribution in [2.75, 3.05) is 6.61 Å². The summed E-state index contributed by atoms with van der Waals surface area (Å²) in [6.07, 6.45) is 17.2. The van der Waals surface area contributed by atoms with Crippen molar-refractivity contribution in [2.24, 2.45) is 0 Å². The van der Waals surface area contributed by atoms with Gasteiger partial charge in [0.15, 0.2) is 0 Å². The zero-order valence-electron chi connectivity index (χ0n) is 18.2. The van der Waals surface area contributed by atoms with Gasteiger partial charge in [-0.15, -0.1) is 0 Å². The molecule has 0 atom stereocenters. The van der Waals surface area contributed by atoms with Crippen LogP contribution in [0.1, 0.15) is 132 Å². The first-order chi connectivity index (χ1) is 12.3. The summed E-state index contributed by atoms with van der Waals surface area (Å²) in [5, 5.41) is 0. The van der Waals surface area contributed by atoms with Gasteiger partial charge in [0.2, 0.25) is 0 Å². The van der Waals surface area contributed by atoms with E-state index in [1.165, 1.54) is 51.4 Å². The van der Waals surface area contributed by atoms with Crippen LogP contribution in [0.5, 0.6) is 0 Å². The van der Waals surface area contributed by atoms with Crippen molar-refractivity contribution in [1.29, 1.82) is 0 Å². The van der Waals surface area contributed by atoms with Gasteiger partial charge in [-0.3, -0.25) is 4.79 Å².